The van der Waals surface area contributed by atoms with Gasteiger partial charge in [-0.25, -0.2) is 0 Å². The summed E-state index contributed by atoms with van der Waals surface area (Å²) in [5, 5.41) is 6.41. The summed E-state index contributed by atoms with van der Waals surface area (Å²) in [7, 11) is 2.07. The Bertz CT molecular complexity index is 1050. The predicted molar refractivity (Wildman–Crippen MR) is 117 cm³/mol. The van der Waals surface area contributed by atoms with Crippen molar-refractivity contribution >= 4 is 28.1 Å². The molecule has 2 heterocycles. The van der Waals surface area contributed by atoms with E-state index in [9.17, 15) is 4.79 Å². The van der Waals surface area contributed by atoms with Gasteiger partial charge in [0.25, 0.3) is 0 Å². The third-order valence-electron chi connectivity index (χ3n) is 5.16. The second kappa shape index (κ2) is 8.44. The van der Waals surface area contributed by atoms with Gasteiger partial charge in [-0.15, -0.1) is 11.3 Å². The number of carbonyl (C=O) groups is 1. The minimum absolute atomic E-state index is 0.0721. The van der Waals surface area contributed by atoms with Gasteiger partial charge in [0.2, 0.25) is 5.91 Å². The SMILES string of the molecule is Cn1cc(C(CC(=O)NCCc2ccccc2)c2cccs2)c2ccccc21. The Morgan fingerprint density at radius 2 is 1.82 bits per heavy atom. The lowest BCUT2D eigenvalue weighted by Gasteiger charge is -2.15. The van der Waals surface area contributed by atoms with E-state index in [-0.39, 0.29) is 11.8 Å². The van der Waals surface area contributed by atoms with E-state index in [2.05, 4.69) is 77.0 Å². The van der Waals surface area contributed by atoms with Gasteiger partial charge in [-0.2, -0.15) is 0 Å². The number of carbonyl (C=O) groups excluding carboxylic acids is 1. The Balaban J connectivity index is 1.51. The molecule has 0 saturated carbocycles. The molecule has 1 amide bonds. The smallest absolute Gasteiger partial charge is 0.220 e. The molecule has 4 heteroatoms. The van der Waals surface area contributed by atoms with Gasteiger partial charge in [0.1, 0.15) is 0 Å². The second-order valence-corrected chi connectivity index (χ2v) is 8.05. The first-order valence-electron chi connectivity index (χ1n) is 9.60. The van der Waals surface area contributed by atoms with E-state index < -0.39 is 0 Å². The first-order valence-corrected chi connectivity index (χ1v) is 10.5. The van der Waals surface area contributed by atoms with Crippen molar-refractivity contribution in [1.82, 2.24) is 9.88 Å². The number of nitrogens with one attached hydrogen (secondary N) is 1. The van der Waals surface area contributed by atoms with Crippen LogP contribution in [0.1, 0.15) is 28.3 Å². The maximum Gasteiger partial charge on any atom is 0.220 e. The number of thiophene rings is 1. The molecule has 1 atom stereocenters. The molecule has 0 fully saturated rings. The highest BCUT2D eigenvalue weighted by Gasteiger charge is 2.22. The molecule has 0 bridgehead atoms. The molecule has 0 saturated heterocycles. The number of nitrogens with zero attached hydrogens (tertiary/aromatic N) is 1. The van der Waals surface area contributed by atoms with E-state index in [1.165, 1.54) is 26.9 Å². The number of fused-ring (bicyclic) bond motifs is 1. The van der Waals surface area contributed by atoms with Crippen LogP contribution in [0.3, 0.4) is 0 Å². The molecule has 2 aromatic carbocycles. The van der Waals surface area contributed by atoms with Crippen molar-refractivity contribution in [3.8, 4) is 0 Å². The minimum atomic E-state index is 0.0721. The highest BCUT2D eigenvalue weighted by Crippen LogP contribution is 2.36. The van der Waals surface area contributed by atoms with Gasteiger partial charge in [0, 0.05) is 47.9 Å². The largest absolute Gasteiger partial charge is 0.356 e. The molecular weight excluding hydrogens is 364 g/mol. The highest BCUT2D eigenvalue weighted by atomic mass is 32.1. The van der Waals surface area contributed by atoms with E-state index in [0.717, 1.165) is 6.42 Å². The van der Waals surface area contributed by atoms with Crippen molar-refractivity contribution in [1.29, 1.82) is 0 Å². The van der Waals surface area contributed by atoms with Gasteiger partial charge < -0.3 is 9.88 Å². The van der Waals surface area contributed by atoms with E-state index in [4.69, 9.17) is 0 Å². The van der Waals surface area contributed by atoms with Crippen LogP contribution in [0, 0.1) is 0 Å². The van der Waals surface area contributed by atoms with Crippen LogP contribution in [-0.4, -0.2) is 17.0 Å². The van der Waals surface area contributed by atoms with Gasteiger partial charge in [-0.05, 0) is 35.1 Å². The van der Waals surface area contributed by atoms with E-state index >= 15 is 0 Å². The fourth-order valence-corrected chi connectivity index (χ4v) is 4.60. The molecule has 1 unspecified atom stereocenters. The average Bonchev–Trinajstić information content (AvgIpc) is 3.36. The molecule has 0 aliphatic heterocycles. The van der Waals surface area contributed by atoms with Crippen molar-refractivity contribution in [2.75, 3.05) is 6.54 Å². The van der Waals surface area contributed by atoms with Crippen molar-refractivity contribution in [3.05, 3.63) is 94.3 Å². The van der Waals surface area contributed by atoms with Crippen molar-refractivity contribution < 1.29 is 4.79 Å². The number of para-hydroxylation sites is 1. The molecule has 3 nitrogen and oxygen atoms in total. The number of rotatable bonds is 7. The number of aromatic nitrogens is 1. The molecule has 4 rings (SSSR count). The van der Waals surface area contributed by atoms with Crippen LogP contribution in [0.25, 0.3) is 10.9 Å². The van der Waals surface area contributed by atoms with E-state index in [0.29, 0.717) is 13.0 Å². The zero-order valence-electron chi connectivity index (χ0n) is 16.0. The average molecular weight is 389 g/mol. The lowest BCUT2D eigenvalue weighted by atomic mass is 9.93. The molecule has 0 radical (unpaired) electrons. The maximum atomic E-state index is 12.7. The van der Waals surface area contributed by atoms with Crippen LogP contribution in [0.15, 0.2) is 78.3 Å². The van der Waals surface area contributed by atoms with Crippen molar-refractivity contribution in [2.24, 2.45) is 7.05 Å². The number of hydrogen-bond donors (Lipinski definition) is 1. The molecule has 4 aromatic rings. The van der Waals surface area contributed by atoms with Gasteiger partial charge in [0.15, 0.2) is 0 Å². The highest BCUT2D eigenvalue weighted by molar-refractivity contribution is 7.10. The topological polar surface area (TPSA) is 34.0 Å². The standard InChI is InChI=1S/C24H24N2OS/c1-26-17-21(19-10-5-6-11-22(19)26)20(23-12-7-15-28-23)16-24(27)25-14-13-18-8-3-2-4-9-18/h2-12,15,17,20H,13-14,16H2,1H3,(H,25,27). The van der Waals surface area contributed by atoms with Crippen LogP contribution in [0.5, 0.6) is 0 Å². The fourth-order valence-electron chi connectivity index (χ4n) is 3.75. The van der Waals surface area contributed by atoms with Gasteiger partial charge in [-0.3, -0.25) is 4.79 Å². The predicted octanol–water partition coefficient (Wildman–Crippen LogP) is 5.12. The second-order valence-electron chi connectivity index (χ2n) is 7.07. The van der Waals surface area contributed by atoms with Crippen LogP contribution in [0.2, 0.25) is 0 Å². The first kappa shape index (κ1) is 18.5. The van der Waals surface area contributed by atoms with Crippen LogP contribution in [0.4, 0.5) is 0 Å². The Morgan fingerprint density at radius 1 is 1.04 bits per heavy atom. The van der Waals surface area contributed by atoms with Crippen LogP contribution in [-0.2, 0) is 18.3 Å². The Hall–Kier alpha value is -2.85. The quantitative estimate of drug-likeness (QED) is 0.468. The fraction of sp³-hybridized carbons (Fsp3) is 0.208. The third-order valence-corrected chi connectivity index (χ3v) is 6.14. The summed E-state index contributed by atoms with van der Waals surface area (Å²) in [6.07, 6.45) is 3.49. The number of aryl methyl sites for hydroxylation is 1. The summed E-state index contributed by atoms with van der Waals surface area (Å²) in [5.41, 5.74) is 3.66. The molecule has 0 spiro atoms. The number of hydrogen-bond acceptors (Lipinski definition) is 2. The normalized spacial score (nSPS) is 12.2. The molecule has 0 aliphatic rings. The van der Waals surface area contributed by atoms with Gasteiger partial charge in [-0.1, -0.05) is 54.6 Å². The number of amides is 1. The molecule has 0 aliphatic carbocycles. The minimum Gasteiger partial charge on any atom is -0.356 e. The Morgan fingerprint density at radius 3 is 2.61 bits per heavy atom. The summed E-state index contributed by atoms with van der Waals surface area (Å²) >= 11 is 1.72. The number of benzene rings is 2. The van der Waals surface area contributed by atoms with Gasteiger partial charge in [0.05, 0.1) is 0 Å². The molecule has 28 heavy (non-hydrogen) atoms. The lowest BCUT2D eigenvalue weighted by Crippen LogP contribution is -2.27. The maximum absolute atomic E-state index is 12.7. The van der Waals surface area contributed by atoms with Crippen molar-refractivity contribution in [2.45, 2.75) is 18.8 Å². The lowest BCUT2D eigenvalue weighted by molar-refractivity contribution is -0.121. The first-order chi connectivity index (χ1) is 13.7. The zero-order chi connectivity index (χ0) is 19.3. The van der Waals surface area contributed by atoms with E-state index in [1.807, 2.05) is 18.2 Å². The molecule has 142 valence electrons. The Labute approximate surface area is 169 Å². The third kappa shape index (κ3) is 4.02. The summed E-state index contributed by atoms with van der Waals surface area (Å²) in [5.74, 6) is 0.171. The van der Waals surface area contributed by atoms with Gasteiger partial charge >= 0.3 is 0 Å². The molecular formula is C24H24N2OS. The monoisotopic (exact) mass is 388 g/mol. The summed E-state index contributed by atoms with van der Waals surface area (Å²) in [6.45, 7) is 0.662. The summed E-state index contributed by atoms with van der Waals surface area (Å²) < 4.78 is 2.15. The Kier molecular flexibility index (Phi) is 5.58. The van der Waals surface area contributed by atoms with E-state index in [1.54, 1.807) is 11.3 Å². The summed E-state index contributed by atoms with van der Waals surface area (Å²) in [4.78, 5) is 14.0. The zero-order valence-corrected chi connectivity index (χ0v) is 16.8. The van der Waals surface area contributed by atoms with Crippen LogP contribution < -0.4 is 5.32 Å². The molecule has 2 aromatic heterocycles. The van der Waals surface area contributed by atoms with Crippen molar-refractivity contribution in [3.63, 3.8) is 0 Å². The summed E-state index contributed by atoms with van der Waals surface area (Å²) in [6, 6.07) is 22.9. The van der Waals surface area contributed by atoms with Crippen LogP contribution >= 0.6 is 11.3 Å². The molecule has 1 N–H and O–H groups in total.